The summed E-state index contributed by atoms with van der Waals surface area (Å²) in [7, 11) is 7.35. The zero-order chi connectivity index (χ0) is 14.8. The fourth-order valence-corrected chi connectivity index (χ4v) is 4.18. The normalized spacial score (nSPS) is 13.2. The second-order valence-corrected chi connectivity index (χ2v) is 7.59. The topological polar surface area (TPSA) is 46.5 Å². The molecule has 1 aromatic rings. The van der Waals surface area contributed by atoms with Gasteiger partial charge >= 0.3 is 5.97 Å². The van der Waals surface area contributed by atoms with Crippen molar-refractivity contribution in [2.45, 2.75) is 12.5 Å². The van der Waals surface area contributed by atoms with Gasteiger partial charge in [0.05, 0.1) is 35.4 Å². The standard InChI is InChI=1S/C13H17I2NO3/c1-16(2,3)11(13(17)18)7-8-5-9(14)12(19-4)10(15)6-8/h5-6,11H,7H2,1-4H3/p+1/t11-/m1/s1. The molecule has 0 aliphatic carbocycles. The third-order valence-electron chi connectivity index (χ3n) is 2.91. The highest BCUT2D eigenvalue weighted by Crippen LogP contribution is 2.29. The molecule has 1 rings (SSSR count). The summed E-state index contributed by atoms with van der Waals surface area (Å²) >= 11 is 4.43. The Morgan fingerprint density at radius 3 is 2.11 bits per heavy atom. The van der Waals surface area contributed by atoms with E-state index in [2.05, 4.69) is 45.2 Å². The molecule has 0 amide bonds. The molecule has 0 spiro atoms. The lowest BCUT2D eigenvalue weighted by Crippen LogP contribution is -2.51. The van der Waals surface area contributed by atoms with Gasteiger partial charge in [-0.05, 0) is 62.9 Å². The zero-order valence-corrected chi connectivity index (χ0v) is 15.7. The van der Waals surface area contributed by atoms with E-state index in [1.165, 1.54) is 0 Å². The summed E-state index contributed by atoms with van der Waals surface area (Å²) in [6.45, 7) is 0. The average molecular weight is 490 g/mol. The lowest BCUT2D eigenvalue weighted by Gasteiger charge is -2.31. The molecule has 0 unspecified atom stereocenters. The van der Waals surface area contributed by atoms with Crippen LogP contribution < -0.4 is 4.74 Å². The number of carboxylic acid groups (broad SMARTS) is 1. The van der Waals surface area contributed by atoms with Crippen molar-refractivity contribution >= 4 is 51.2 Å². The van der Waals surface area contributed by atoms with E-state index in [9.17, 15) is 9.90 Å². The number of quaternary nitrogens is 1. The molecular formula is C13H18I2NO3+. The van der Waals surface area contributed by atoms with Gasteiger partial charge in [0, 0.05) is 6.42 Å². The minimum absolute atomic E-state index is 0.397. The number of nitrogens with zero attached hydrogens (tertiary/aromatic N) is 1. The van der Waals surface area contributed by atoms with E-state index >= 15 is 0 Å². The minimum Gasteiger partial charge on any atom is -0.495 e. The fraction of sp³-hybridized carbons (Fsp3) is 0.462. The molecule has 0 aliphatic heterocycles. The Bertz CT molecular complexity index is 460. The quantitative estimate of drug-likeness (QED) is 0.511. The van der Waals surface area contributed by atoms with E-state index in [1.54, 1.807) is 7.11 Å². The van der Waals surface area contributed by atoms with Crippen molar-refractivity contribution in [3.63, 3.8) is 0 Å². The first-order valence-corrected chi connectivity index (χ1v) is 7.88. The molecule has 19 heavy (non-hydrogen) atoms. The first kappa shape index (κ1) is 17.0. The number of hydrogen-bond donors (Lipinski definition) is 1. The van der Waals surface area contributed by atoms with Crippen molar-refractivity contribution in [3.8, 4) is 5.75 Å². The molecule has 1 atom stereocenters. The predicted octanol–water partition coefficient (Wildman–Crippen LogP) is 2.61. The van der Waals surface area contributed by atoms with Gasteiger partial charge in [0.2, 0.25) is 0 Å². The number of benzene rings is 1. The lowest BCUT2D eigenvalue weighted by atomic mass is 10.0. The van der Waals surface area contributed by atoms with Gasteiger partial charge < -0.3 is 14.3 Å². The van der Waals surface area contributed by atoms with Gasteiger partial charge in [0.25, 0.3) is 0 Å². The molecule has 106 valence electrons. The Kier molecular flexibility index (Phi) is 5.87. The van der Waals surface area contributed by atoms with Crippen LogP contribution in [0.15, 0.2) is 12.1 Å². The maximum absolute atomic E-state index is 11.4. The number of aliphatic carboxylic acids is 1. The van der Waals surface area contributed by atoms with Crippen LogP contribution >= 0.6 is 45.2 Å². The molecule has 0 aromatic heterocycles. The van der Waals surface area contributed by atoms with Gasteiger partial charge in [0.15, 0.2) is 6.04 Å². The van der Waals surface area contributed by atoms with Crippen LogP contribution in [-0.2, 0) is 11.2 Å². The number of rotatable bonds is 5. The molecule has 0 heterocycles. The monoisotopic (exact) mass is 490 g/mol. The van der Waals surface area contributed by atoms with Gasteiger partial charge in [-0.1, -0.05) is 0 Å². The lowest BCUT2D eigenvalue weighted by molar-refractivity contribution is -0.887. The summed E-state index contributed by atoms with van der Waals surface area (Å²) in [5, 5.41) is 9.37. The van der Waals surface area contributed by atoms with E-state index in [0.29, 0.717) is 10.9 Å². The molecular weight excluding hydrogens is 472 g/mol. The summed E-state index contributed by atoms with van der Waals surface area (Å²) in [5.41, 5.74) is 1.02. The maximum Gasteiger partial charge on any atom is 0.362 e. The van der Waals surface area contributed by atoms with Gasteiger partial charge in [-0.2, -0.15) is 0 Å². The van der Waals surface area contributed by atoms with Crippen molar-refractivity contribution in [2.24, 2.45) is 0 Å². The highest BCUT2D eigenvalue weighted by atomic mass is 127. The van der Waals surface area contributed by atoms with Crippen molar-refractivity contribution in [3.05, 3.63) is 24.8 Å². The van der Waals surface area contributed by atoms with Crippen LogP contribution in [0.4, 0.5) is 0 Å². The predicted molar refractivity (Wildman–Crippen MR) is 91.6 cm³/mol. The first-order chi connectivity index (χ1) is 8.66. The Hall–Kier alpha value is -0.0900. The van der Waals surface area contributed by atoms with Crippen molar-refractivity contribution in [1.82, 2.24) is 0 Å². The Balaban J connectivity index is 3.08. The summed E-state index contributed by atoms with van der Waals surface area (Å²) in [4.78, 5) is 11.4. The third-order valence-corrected chi connectivity index (χ3v) is 4.51. The molecule has 0 saturated heterocycles. The summed E-state index contributed by atoms with van der Waals surface area (Å²) in [6, 6.07) is 3.53. The van der Waals surface area contributed by atoms with Crippen LogP contribution in [0, 0.1) is 7.14 Å². The number of halogens is 2. The second kappa shape index (κ2) is 6.57. The number of ether oxygens (including phenoxy) is 1. The highest BCUT2D eigenvalue weighted by molar-refractivity contribution is 14.1. The summed E-state index contributed by atoms with van der Waals surface area (Å²) in [5.74, 6) is 0.0791. The van der Waals surface area contributed by atoms with E-state index in [0.717, 1.165) is 18.5 Å². The highest BCUT2D eigenvalue weighted by Gasteiger charge is 2.31. The SMILES string of the molecule is COc1c(I)cc(C[C@H](C(=O)O)[N+](C)(C)C)cc1I. The largest absolute Gasteiger partial charge is 0.495 e. The third kappa shape index (κ3) is 4.45. The Morgan fingerprint density at radius 1 is 1.32 bits per heavy atom. The summed E-state index contributed by atoms with van der Waals surface area (Å²) in [6.07, 6.45) is 0.509. The Labute approximate surface area is 141 Å². The van der Waals surface area contributed by atoms with Crippen molar-refractivity contribution in [2.75, 3.05) is 28.3 Å². The summed E-state index contributed by atoms with van der Waals surface area (Å²) < 4.78 is 7.73. The maximum atomic E-state index is 11.4. The fourth-order valence-electron chi connectivity index (χ4n) is 1.84. The van der Waals surface area contributed by atoms with Gasteiger partial charge in [0.1, 0.15) is 5.75 Å². The van der Waals surface area contributed by atoms with Crippen molar-refractivity contribution < 1.29 is 19.1 Å². The number of hydrogen-bond acceptors (Lipinski definition) is 2. The van der Waals surface area contributed by atoms with E-state index in [1.807, 2.05) is 33.3 Å². The smallest absolute Gasteiger partial charge is 0.362 e. The number of carboxylic acids is 1. The Morgan fingerprint density at radius 2 is 1.79 bits per heavy atom. The molecule has 0 aliphatic rings. The van der Waals surface area contributed by atoms with E-state index in [4.69, 9.17) is 4.74 Å². The van der Waals surface area contributed by atoms with Gasteiger partial charge in [-0.25, -0.2) is 4.79 Å². The molecule has 0 bridgehead atoms. The van der Waals surface area contributed by atoms with Gasteiger partial charge in [-0.3, -0.25) is 0 Å². The molecule has 6 heteroatoms. The van der Waals surface area contributed by atoms with Crippen LogP contribution in [0.25, 0.3) is 0 Å². The van der Waals surface area contributed by atoms with Crippen LogP contribution in [0.5, 0.6) is 5.75 Å². The van der Waals surface area contributed by atoms with Crippen LogP contribution in [0.3, 0.4) is 0 Å². The zero-order valence-electron chi connectivity index (χ0n) is 11.4. The molecule has 0 fully saturated rings. The van der Waals surface area contributed by atoms with Crippen LogP contribution in [0.2, 0.25) is 0 Å². The second-order valence-electron chi connectivity index (χ2n) is 5.27. The minimum atomic E-state index is -0.770. The number of methoxy groups -OCH3 is 1. The molecule has 0 radical (unpaired) electrons. The molecule has 4 nitrogen and oxygen atoms in total. The number of likely N-dealkylation sites (N-methyl/N-ethyl adjacent to an activating group) is 1. The first-order valence-electron chi connectivity index (χ1n) is 5.72. The molecule has 1 aromatic carbocycles. The molecule has 0 saturated carbocycles. The van der Waals surface area contributed by atoms with Crippen molar-refractivity contribution in [1.29, 1.82) is 0 Å². The molecule has 1 N–H and O–H groups in total. The average Bonchev–Trinajstić information content (AvgIpc) is 2.23. The van der Waals surface area contributed by atoms with Gasteiger partial charge in [-0.15, -0.1) is 0 Å². The van der Waals surface area contributed by atoms with Crippen LogP contribution in [-0.4, -0.2) is 49.9 Å². The van der Waals surface area contributed by atoms with Crippen LogP contribution in [0.1, 0.15) is 5.56 Å². The van der Waals surface area contributed by atoms with E-state index in [-0.39, 0.29) is 0 Å². The number of carbonyl (C=O) groups is 1. The van der Waals surface area contributed by atoms with E-state index < -0.39 is 12.0 Å².